The summed E-state index contributed by atoms with van der Waals surface area (Å²) in [6.07, 6.45) is 1.28. The van der Waals surface area contributed by atoms with Gasteiger partial charge in [0.05, 0.1) is 27.2 Å². The topological polar surface area (TPSA) is 88.5 Å². The summed E-state index contributed by atoms with van der Waals surface area (Å²) < 4.78 is 16.0. The molecule has 1 N–H and O–H groups in total. The zero-order chi connectivity index (χ0) is 23.3. The average Bonchev–Trinajstić information content (AvgIpc) is 2.82. The standard InChI is InChI=1S/C24H30N2O6/c1-25(23(27)18-13-20(30-2)22(32-4)21(14-18)31-3)15-16-6-5-7-19(12-16)26-10-8-17(9-11-26)24(28)29/h5-7,12-14,17H,8-11,15H2,1-4H3,(H,28,29). The highest BCUT2D eigenvalue weighted by atomic mass is 16.5. The summed E-state index contributed by atoms with van der Waals surface area (Å²) in [6.45, 7) is 1.84. The summed E-state index contributed by atoms with van der Waals surface area (Å²) in [6, 6.07) is 11.3. The summed E-state index contributed by atoms with van der Waals surface area (Å²) in [4.78, 5) is 28.1. The number of hydrogen-bond acceptors (Lipinski definition) is 6. The maximum atomic E-state index is 13.1. The number of amides is 1. The highest BCUT2D eigenvalue weighted by molar-refractivity contribution is 5.95. The van der Waals surface area contributed by atoms with Gasteiger partial charge in [0.25, 0.3) is 5.91 Å². The van der Waals surface area contributed by atoms with Crippen molar-refractivity contribution in [3.63, 3.8) is 0 Å². The van der Waals surface area contributed by atoms with Gasteiger partial charge in [-0.25, -0.2) is 0 Å². The van der Waals surface area contributed by atoms with Gasteiger partial charge in [-0.3, -0.25) is 9.59 Å². The summed E-state index contributed by atoms with van der Waals surface area (Å²) in [5, 5.41) is 9.20. The molecule has 1 amide bonds. The fourth-order valence-corrected chi connectivity index (χ4v) is 4.01. The van der Waals surface area contributed by atoms with E-state index in [-0.39, 0.29) is 11.8 Å². The number of aliphatic carboxylic acids is 1. The fourth-order valence-electron chi connectivity index (χ4n) is 4.01. The van der Waals surface area contributed by atoms with Crippen LogP contribution in [0.3, 0.4) is 0 Å². The number of methoxy groups -OCH3 is 3. The summed E-state index contributed by atoms with van der Waals surface area (Å²) in [5.74, 6) is 0.137. The van der Waals surface area contributed by atoms with Gasteiger partial charge < -0.3 is 29.1 Å². The molecule has 0 unspecified atom stereocenters. The van der Waals surface area contributed by atoms with Crippen molar-refractivity contribution in [1.82, 2.24) is 4.90 Å². The molecule has 0 aromatic heterocycles. The van der Waals surface area contributed by atoms with Gasteiger partial charge in [-0.15, -0.1) is 0 Å². The van der Waals surface area contributed by atoms with Crippen molar-refractivity contribution in [3.05, 3.63) is 47.5 Å². The van der Waals surface area contributed by atoms with Gasteiger partial charge in [-0.2, -0.15) is 0 Å². The number of carbonyl (C=O) groups excluding carboxylic acids is 1. The van der Waals surface area contributed by atoms with E-state index >= 15 is 0 Å². The van der Waals surface area contributed by atoms with E-state index in [0.29, 0.717) is 55.3 Å². The first-order valence-corrected chi connectivity index (χ1v) is 10.5. The van der Waals surface area contributed by atoms with Crippen LogP contribution in [-0.4, -0.2) is 63.3 Å². The Morgan fingerprint density at radius 1 is 1.03 bits per heavy atom. The number of ether oxygens (including phenoxy) is 3. The highest BCUT2D eigenvalue weighted by Gasteiger charge is 2.25. The largest absolute Gasteiger partial charge is 0.493 e. The second-order valence-corrected chi connectivity index (χ2v) is 7.84. The van der Waals surface area contributed by atoms with E-state index in [0.717, 1.165) is 11.3 Å². The van der Waals surface area contributed by atoms with Gasteiger partial charge in [0.1, 0.15) is 0 Å². The Kier molecular flexibility index (Phi) is 7.45. The molecule has 0 spiro atoms. The van der Waals surface area contributed by atoms with Crippen LogP contribution in [0.5, 0.6) is 17.2 Å². The van der Waals surface area contributed by atoms with E-state index < -0.39 is 5.97 Å². The summed E-state index contributed by atoms with van der Waals surface area (Å²) in [5.41, 5.74) is 2.47. The van der Waals surface area contributed by atoms with Crippen LogP contribution in [0.2, 0.25) is 0 Å². The normalized spacial score (nSPS) is 14.1. The molecular weight excluding hydrogens is 412 g/mol. The maximum absolute atomic E-state index is 13.1. The van der Waals surface area contributed by atoms with Crippen LogP contribution < -0.4 is 19.1 Å². The maximum Gasteiger partial charge on any atom is 0.306 e. The van der Waals surface area contributed by atoms with Crippen LogP contribution in [0.15, 0.2) is 36.4 Å². The predicted octanol–water partition coefficient (Wildman–Crippen LogP) is 3.29. The number of carboxylic acids is 1. The number of benzene rings is 2. The monoisotopic (exact) mass is 442 g/mol. The number of carboxylic acid groups (broad SMARTS) is 1. The van der Waals surface area contributed by atoms with Crippen molar-refractivity contribution in [2.75, 3.05) is 46.4 Å². The van der Waals surface area contributed by atoms with Gasteiger partial charge in [0.15, 0.2) is 11.5 Å². The molecule has 0 saturated carbocycles. The molecular formula is C24H30N2O6. The molecule has 0 atom stereocenters. The SMILES string of the molecule is COc1cc(C(=O)N(C)Cc2cccc(N3CCC(C(=O)O)CC3)c2)cc(OC)c1OC. The Bertz CT molecular complexity index is 944. The first kappa shape index (κ1) is 23.2. The Morgan fingerprint density at radius 2 is 1.66 bits per heavy atom. The lowest BCUT2D eigenvalue weighted by atomic mass is 9.96. The zero-order valence-corrected chi connectivity index (χ0v) is 19.0. The van der Waals surface area contributed by atoms with Crippen molar-refractivity contribution >= 4 is 17.6 Å². The van der Waals surface area contributed by atoms with Crippen molar-refractivity contribution in [2.24, 2.45) is 5.92 Å². The smallest absolute Gasteiger partial charge is 0.306 e. The lowest BCUT2D eigenvalue weighted by molar-refractivity contribution is -0.142. The quantitative estimate of drug-likeness (QED) is 0.671. The van der Waals surface area contributed by atoms with Crippen molar-refractivity contribution in [1.29, 1.82) is 0 Å². The van der Waals surface area contributed by atoms with Crippen LogP contribution in [0.1, 0.15) is 28.8 Å². The third kappa shape index (κ3) is 5.07. The molecule has 8 heteroatoms. The molecule has 0 bridgehead atoms. The van der Waals surface area contributed by atoms with E-state index in [1.54, 1.807) is 24.1 Å². The number of hydrogen-bond donors (Lipinski definition) is 1. The van der Waals surface area contributed by atoms with Gasteiger partial charge in [-0.1, -0.05) is 12.1 Å². The Hall–Kier alpha value is -3.42. The molecule has 1 heterocycles. The number of nitrogens with zero attached hydrogens (tertiary/aromatic N) is 2. The van der Waals surface area contributed by atoms with Crippen LogP contribution in [0, 0.1) is 5.92 Å². The van der Waals surface area contributed by atoms with Crippen LogP contribution in [0.25, 0.3) is 0 Å². The molecule has 0 aliphatic carbocycles. The van der Waals surface area contributed by atoms with E-state index in [4.69, 9.17) is 14.2 Å². The van der Waals surface area contributed by atoms with Crippen LogP contribution in [-0.2, 0) is 11.3 Å². The van der Waals surface area contributed by atoms with Gasteiger partial charge in [-0.05, 0) is 42.7 Å². The molecule has 0 radical (unpaired) electrons. The second kappa shape index (κ2) is 10.3. The average molecular weight is 443 g/mol. The minimum absolute atomic E-state index is 0.170. The Labute approximate surface area is 188 Å². The second-order valence-electron chi connectivity index (χ2n) is 7.84. The van der Waals surface area contributed by atoms with Gasteiger partial charge in [0, 0.05) is 37.9 Å². The molecule has 1 aliphatic rings. The first-order valence-electron chi connectivity index (χ1n) is 10.5. The summed E-state index contributed by atoms with van der Waals surface area (Å²) >= 11 is 0. The van der Waals surface area contributed by atoms with Crippen LogP contribution in [0.4, 0.5) is 5.69 Å². The van der Waals surface area contributed by atoms with Crippen LogP contribution >= 0.6 is 0 Å². The minimum atomic E-state index is -0.717. The summed E-state index contributed by atoms with van der Waals surface area (Å²) in [7, 11) is 6.29. The van der Waals surface area contributed by atoms with Gasteiger partial charge >= 0.3 is 5.97 Å². The minimum Gasteiger partial charge on any atom is -0.493 e. The van der Waals surface area contributed by atoms with E-state index in [1.807, 2.05) is 18.2 Å². The molecule has 2 aromatic carbocycles. The van der Waals surface area contributed by atoms with E-state index in [1.165, 1.54) is 21.3 Å². The molecule has 1 saturated heterocycles. The lowest BCUT2D eigenvalue weighted by Crippen LogP contribution is -2.36. The third-order valence-corrected chi connectivity index (χ3v) is 5.80. The molecule has 172 valence electrons. The van der Waals surface area contributed by atoms with Crippen molar-refractivity contribution in [2.45, 2.75) is 19.4 Å². The number of carbonyl (C=O) groups is 2. The first-order chi connectivity index (χ1) is 15.4. The number of rotatable bonds is 8. The Morgan fingerprint density at radius 3 is 2.19 bits per heavy atom. The third-order valence-electron chi connectivity index (χ3n) is 5.80. The number of anilines is 1. The van der Waals surface area contributed by atoms with Crippen molar-refractivity contribution in [3.8, 4) is 17.2 Å². The molecule has 1 fully saturated rings. The van der Waals surface area contributed by atoms with Gasteiger partial charge in [0.2, 0.25) is 5.75 Å². The predicted molar refractivity (Wildman–Crippen MR) is 121 cm³/mol. The molecule has 8 nitrogen and oxygen atoms in total. The Balaban J connectivity index is 1.72. The lowest BCUT2D eigenvalue weighted by Gasteiger charge is -2.32. The highest BCUT2D eigenvalue weighted by Crippen LogP contribution is 2.38. The van der Waals surface area contributed by atoms with Crippen molar-refractivity contribution < 1.29 is 28.9 Å². The van der Waals surface area contributed by atoms with E-state index in [2.05, 4.69) is 11.0 Å². The molecule has 2 aromatic rings. The zero-order valence-electron chi connectivity index (χ0n) is 19.0. The number of piperidine rings is 1. The van der Waals surface area contributed by atoms with E-state index in [9.17, 15) is 14.7 Å². The molecule has 32 heavy (non-hydrogen) atoms. The fraction of sp³-hybridized carbons (Fsp3) is 0.417. The molecule has 1 aliphatic heterocycles. The molecule has 3 rings (SSSR count).